The summed E-state index contributed by atoms with van der Waals surface area (Å²) in [4.78, 5) is 13.5. The third-order valence-electron chi connectivity index (χ3n) is 5.81. The van der Waals surface area contributed by atoms with Crippen molar-refractivity contribution in [1.29, 1.82) is 0 Å². The van der Waals surface area contributed by atoms with Crippen molar-refractivity contribution in [2.24, 2.45) is 0 Å². The molecule has 5 rings (SSSR count). The molecular formula is C20H23N5O. The average Bonchev–Trinajstić information content (AvgIpc) is 3.36. The van der Waals surface area contributed by atoms with E-state index >= 15 is 0 Å². The zero-order valence-corrected chi connectivity index (χ0v) is 14.8. The first-order chi connectivity index (χ1) is 12.9. The highest BCUT2D eigenvalue weighted by atomic mass is 16.5. The molecule has 6 heteroatoms. The minimum Gasteiger partial charge on any atom is -0.339 e. The van der Waals surface area contributed by atoms with Gasteiger partial charge in [-0.3, -0.25) is 4.98 Å². The molecule has 1 atom stereocenters. The Bertz CT molecular complexity index is 879. The van der Waals surface area contributed by atoms with Gasteiger partial charge in [0.1, 0.15) is 5.82 Å². The molecule has 0 aromatic carbocycles. The molecule has 1 fully saturated rings. The van der Waals surface area contributed by atoms with E-state index in [1.807, 2.05) is 12.1 Å². The van der Waals surface area contributed by atoms with Crippen molar-refractivity contribution in [2.45, 2.75) is 63.3 Å². The van der Waals surface area contributed by atoms with Crippen molar-refractivity contribution in [3.8, 4) is 11.4 Å². The van der Waals surface area contributed by atoms with Gasteiger partial charge in [0, 0.05) is 54.6 Å². The molecule has 1 aliphatic carbocycles. The molecule has 3 aromatic rings. The van der Waals surface area contributed by atoms with Crippen LogP contribution in [-0.4, -0.2) is 24.7 Å². The lowest BCUT2D eigenvalue weighted by Crippen LogP contribution is -2.21. The Morgan fingerprint density at radius 3 is 2.81 bits per heavy atom. The van der Waals surface area contributed by atoms with E-state index in [0.717, 1.165) is 30.8 Å². The summed E-state index contributed by atoms with van der Waals surface area (Å²) >= 11 is 0. The van der Waals surface area contributed by atoms with E-state index in [-0.39, 0.29) is 5.92 Å². The first kappa shape index (κ1) is 15.7. The molecule has 0 spiro atoms. The van der Waals surface area contributed by atoms with Crippen molar-refractivity contribution >= 4 is 0 Å². The van der Waals surface area contributed by atoms with Crippen LogP contribution in [0, 0.1) is 0 Å². The number of fused-ring (bicyclic) bond motifs is 1. The molecule has 0 radical (unpaired) electrons. The molecule has 0 amide bonds. The highest BCUT2D eigenvalue weighted by Gasteiger charge is 2.29. The van der Waals surface area contributed by atoms with Crippen molar-refractivity contribution in [3.63, 3.8) is 0 Å². The Balaban J connectivity index is 1.35. The number of nitrogens with zero attached hydrogens (tertiary/aromatic N) is 5. The van der Waals surface area contributed by atoms with Crippen molar-refractivity contribution in [1.82, 2.24) is 24.7 Å². The van der Waals surface area contributed by atoms with Gasteiger partial charge in [0.05, 0.1) is 0 Å². The van der Waals surface area contributed by atoms with Crippen LogP contribution in [0.25, 0.3) is 11.4 Å². The number of hydrogen-bond donors (Lipinski definition) is 0. The quantitative estimate of drug-likeness (QED) is 0.712. The molecule has 1 saturated carbocycles. The van der Waals surface area contributed by atoms with E-state index in [1.54, 1.807) is 12.4 Å². The monoisotopic (exact) mass is 349 g/mol. The first-order valence-electron chi connectivity index (χ1n) is 9.67. The normalized spacial score (nSPS) is 20.8. The summed E-state index contributed by atoms with van der Waals surface area (Å²) in [6.07, 6.45) is 14.2. The summed E-state index contributed by atoms with van der Waals surface area (Å²) in [6, 6.07) is 3.84. The van der Waals surface area contributed by atoms with E-state index in [1.165, 1.54) is 43.6 Å². The fraction of sp³-hybridized carbons (Fsp3) is 0.500. The lowest BCUT2D eigenvalue weighted by molar-refractivity contribution is 0.320. The van der Waals surface area contributed by atoms with Gasteiger partial charge in [-0.1, -0.05) is 24.4 Å². The van der Waals surface area contributed by atoms with Gasteiger partial charge in [0.15, 0.2) is 0 Å². The van der Waals surface area contributed by atoms with E-state index in [4.69, 9.17) is 9.51 Å². The smallest absolute Gasteiger partial charge is 0.230 e. The SMILES string of the molecule is c1cncc(-c2noc(C3CCn4c(cnc4C4CCCCC4)C3)n2)c1. The predicted octanol–water partition coefficient (Wildman–Crippen LogP) is 4.11. The molecule has 3 aromatic heterocycles. The molecule has 26 heavy (non-hydrogen) atoms. The van der Waals surface area contributed by atoms with E-state index < -0.39 is 0 Å². The van der Waals surface area contributed by atoms with Crippen LogP contribution in [0.1, 0.15) is 67.8 Å². The van der Waals surface area contributed by atoms with Gasteiger partial charge >= 0.3 is 0 Å². The molecule has 2 aliphatic rings. The summed E-state index contributed by atoms with van der Waals surface area (Å²) in [6.45, 7) is 0.996. The van der Waals surface area contributed by atoms with E-state index in [0.29, 0.717) is 11.7 Å². The minimum absolute atomic E-state index is 0.274. The summed E-state index contributed by atoms with van der Waals surface area (Å²) in [7, 11) is 0. The van der Waals surface area contributed by atoms with Gasteiger partial charge in [0.25, 0.3) is 0 Å². The fourth-order valence-electron chi connectivity index (χ4n) is 4.40. The van der Waals surface area contributed by atoms with Crippen LogP contribution >= 0.6 is 0 Å². The molecule has 0 N–H and O–H groups in total. The van der Waals surface area contributed by atoms with Crippen LogP contribution in [0.15, 0.2) is 35.2 Å². The summed E-state index contributed by atoms with van der Waals surface area (Å²) in [5.41, 5.74) is 2.20. The van der Waals surface area contributed by atoms with E-state index in [9.17, 15) is 0 Å². The maximum atomic E-state index is 5.58. The first-order valence-corrected chi connectivity index (χ1v) is 9.67. The highest BCUT2D eigenvalue weighted by Crippen LogP contribution is 2.36. The molecule has 1 unspecified atom stereocenters. The van der Waals surface area contributed by atoms with Crippen molar-refractivity contribution in [3.05, 3.63) is 48.1 Å². The van der Waals surface area contributed by atoms with Crippen LogP contribution in [0.3, 0.4) is 0 Å². The largest absolute Gasteiger partial charge is 0.339 e. The zero-order chi connectivity index (χ0) is 17.3. The fourth-order valence-corrected chi connectivity index (χ4v) is 4.40. The molecule has 1 aliphatic heterocycles. The van der Waals surface area contributed by atoms with Gasteiger partial charge in [-0.25, -0.2) is 4.98 Å². The van der Waals surface area contributed by atoms with Gasteiger partial charge < -0.3 is 9.09 Å². The standard InChI is InChI=1S/C20H23N5O/c1-2-5-14(6-3-1)19-22-13-17-11-15(8-10-25(17)19)20-23-18(24-26-20)16-7-4-9-21-12-16/h4,7,9,12-15H,1-3,5-6,8,10-11H2. The number of pyridine rings is 1. The molecule has 4 heterocycles. The number of rotatable bonds is 3. The second-order valence-corrected chi connectivity index (χ2v) is 7.48. The average molecular weight is 349 g/mol. The Morgan fingerprint density at radius 1 is 1.04 bits per heavy atom. The molecule has 0 saturated heterocycles. The Labute approximate surface area is 152 Å². The minimum atomic E-state index is 0.274. The molecular weight excluding hydrogens is 326 g/mol. The van der Waals surface area contributed by atoms with Crippen LogP contribution in [0.4, 0.5) is 0 Å². The van der Waals surface area contributed by atoms with Gasteiger partial charge in [0.2, 0.25) is 11.7 Å². The number of aromatic nitrogens is 5. The van der Waals surface area contributed by atoms with Crippen LogP contribution in [0.5, 0.6) is 0 Å². The molecule has 6 nitrogen and oxygen atoms in total. The third-order valence-corrected chi connectivity index (χ3v) is 5.81. The topological polar surface area (TPSA) is 69.6 Å². The van der Waals surface area contributed by atoms with Gasteiger partial charge in [-0.2, -0.15) is 4.98 Å². The highest BCUT2D eigenvalue weighted by molar-refractivity contribution is 5.51. The van der Waals surface area contributed by atoms with Crippen molar-refractivity contribution < 1.29 is 4.52 Å². The molecule has 0 bridgehead atoms. The van der Waals surface area contributed by atoms with Crippen molar-refractivity contribution in [2.75, 3.05) is 0 Å². The number of imidazole rings is 1. The lowest BCUT2D eigenvalue weighted by Gasteiger charge is -2.26. The summed E-state index contributed by atoms with van der Waals surface area (Å²) in [5, 5.41) is 4.15. The molecule has 134 valence electrons. The van der Waals surface area contributed by atoms with Gasteiger partial charge in [-0.05, 0) is 31.4 Å². The summed E-state index contributed by atoms with van der Waals surface area (Å²) < 4.78 is 8.03. The predicted molar refractivity (Wildman–Crippen MR) is 96.6 cm³/mol. The number of hydrogen-bond acceptors (Lipinski definition) is 5. The van der Waals surface area contributed by atoms with Crippen LogP contribution < -0.4 is 0 Å². The summed E-state index contributed by atoms with van der Waals surface area (Å²) in [5.74, 6) is 3.58. The van der Waals surface area contributed by atoms with Crippen LogP contribution in [-0.2, 0) is 13.0 Å². The maximum Gasteiger partial charge on any atom is 0.230 e. The Hall–Kier alpha value is -2.50. The van der Waals surface area contributed by atoms with Gasteiger partial charge in [-0.15, -0.1) is 0 Å². The third kappa shape index (κ3) is 2.83. The second-order valence-electron chi connectivity index (χ2n) is 7.48. The Kier molecular flexibility index (Phi) is 4.03. The maximum absolute atomic E-state index is 5.58. The zero-order valence-electron chi connectivity index (χ0n) is 14.8. The second kappa shape index (κ2) is 6.67. The van der Waals surface area contributed by atoms with Crippen LogP contribution in [0.2, 0.25) is 0 Å². The van der Waals surface area contributed by atoms with E-state index in [2.05, 4.69) is 25.9 Å². The lowest BCUT2D eigenvalue weighted by atomic mass is 9.88. The Morgan fingerprint density at radius 2 is 1.96 bits per heavy atom.